The third-order valence-electron chi connectivity index (χ3n) is 7.15. The number of ether oxygens (including phenoxy) is 3. The summed E-state index contributed by atoms with van der Waals surface area (Å²) in [6.07, 6.45) is -18.5. The largest absolute Gasteiger partial charge is 0.508 e. The summed E-state index contributed by atoms with van der Waals surface area (Å²) in [6, 6.07) is 7.70. The van der Waals surface area contributed by atoms with Crippen molar-refractivity contribution in [2.75, 3.05) is 6.61 Å². The number of aliphatic hydroxyl groups excluding tert-OH is 7. The molecule has 0 spiro atoms. The molecule has 0 radical (unpaired) electrons. The number of aromatic hydroxyl groups is 3. The Labute approximate surface area is 229 Å². The fraction of sp³-hybridized carbons (Fsp3) is 0.423. The van der Waals surface area contributed by atoms with Crippen LogP contribution in [0.25, 0.3) is 22.3 Å². The molecule has 222 valence electrons. The zero-order valence-electron chi connectivity index (χ0n) is 21.0. The molecule has 2 fully saturated rings. The molecule has 2 aromatic carbocycles. The molecular weight excluding hydrogens is 552 g/mol. The van der Waals surface area contributed by atoms with Gasteiger partial charge in [-0.2, -0.15) is 0 Å². The summed E-state index contributed by atoms with van der Waals surface area (Å²) in [5, 5.41) is 103. The highest BCUT2D eigenvalue weighted by molar-refractivity contribution is 5.88. The maximum absolute atomic E-state index is 13.0. The third-order valence-corrected chi connectivity index (χ3v) is 7.15. The van der Waals surface area contributed by atoms with Gasteiger partial charge in [0.2, 0.25) is 0 Å². The Morgan fingerprint density at radius 2 is 1.49 bits per heavy atom. The van der Waals surface area contributed by atoms with Crippen LogP contribution >= 0.6 is 0 Å². The summed E-state index contributed by atoms with van der Waals surface area (Å²) in [5.41, 5.74) is -1.17. The smallest absolute Gasteiger partial charge is 0.197 e. The van der Waals surface area contributed by atoms with Crippen LogP contribution in [-0.2, 0) is 14.2 Å². The van der Waals surface area contributed by atoms with Crippen molar-refractivity contribution >= 4 is 11.0 Å². The zero-order valence-corrected chi connectivity index (χ0v) is 21.0. The van der Waals surface area contributed by atoms with Crippen molar-refractivity contribution in [2.45, 2.75) is 61.4 Å². The Morgan fingerprint density at radius 3 is 2.15 bits per heavy atom. The molecule has 3 heterocycles. The number of fused-ring (bicyclic) bond motifs is 1. The van der Waals surface area contributed by atoms with E-state index < -0.39 is 95.9 Å². The quantitative estimate of drug-likeness (QED) is 0.155. The molecule has 15 nitrogen and oxygen atoms in total. The van der Waals surface area contributed by atoms with Crippen molar-refractivity contribution in [1.82, 2.24) is 0 Å². The molecule has 0 unspecified atom stereocenters. The van der Waals surface area contributed by atoms with Gasteiger partial charge in [-0.05, 0) is 24.3 Å². The Bertz CT molecular complexity index is 1450. The average molecular weight is 580 g/mol. The summed E-state index contributed by atoms with van der Waals surface area (Å²) < 4.78 is 21.6. The number of rotatable bonds is 5. The first-order valence-electron chi connectivity index (χ1n) is 12.4. The van der Waals surface area contributed by atoms with Crippen LogP contribution in [-0.4, -0.2) is 113 Å². The number of hydrogen-bond donors (Lipinski definition) is 10. The standard InChI is InChI=1S/C26H28O15/c27-7-14-17(31)19(33)20(34)26(39-14)41-24-21(35)23(40-25(37)22(24)36)16-11(30)6-13-15(18(16)32)10(29)5-12(38-13)8-1-3-9(28)4-2-8/h1-6,14,17,19-28,30-37H,7H2/t14-,17-,19+,20-,21+,22+,23-,24-,25+,26-/m1/s1. The second-order valence-corrected chi connectivity index (χ2v) is 9.78. The van der Waals surface area contributed by atoms with Gasteiger partial charge >= 0.3 is 0 Å². The lowest BCUT2D eigenvalue weighted by atomic mass is 9.91. The third kappa shape index (κ3) is 5.13. The SMILES string of the molecule is O=c1cc(-c2ccc(O)cc2)oc2cc(O)c([C@H]3O[C@H](O)[C@@H](O)[C@H](O[C@H]4O[C@H](CO)[C@@H](O)[C@H](O)[C@H]4O)[C@H]3O)c(O)c12. The number of benzene rings is 2. The second kappa shape index (κ2) is 11.1. The molecule has 0 saturated carbocycles. The average Bonchev–Trinajstić information content (AvgIpc) is 2.93. The molecule has 5 rings (SSSR count). The van der Waals surface area contributed by atoms with E-state index in [4.69, 9.17) is 18.6 Å². The summed E-state index contributed by atoms with van der Waals surface area (Å²) >= 11 is 0. The van der Waals surface area contributed by atoms with Gasteiger partial charge in [-0.3, -0.25) is 4.79 Å². The fourth-order valence-corrected chi connectivity index (χ4v) is 4.94. The van der Waals surface area contributed by atoms with Gasteiger partial charge < -0.3 is 69.7 Å². The molecule has 3 aromatic rings. The predicted molar refractivity (Wildman–Crippen MR) is 133 cm³/mol. The van der Waals surface area contributed by atoms with Crippen molar-refractivity contribution in [2.24, 2.45) is 0 Å². The van der Waals surface area contributed by atoms with Gasteiger partial charge in [-0.1, -0.05) is 0 Å². The van der Waals surface area contributed by atoms with Gasteiger partial charge in [0.15, 0.2) is 18.0 Å². The molecule has 1 aromatic heterocycles. The first-order valence-corrected chi connectivity index (χ1v) is 12.4. The van der Waals surface area contributed by atoms with E-state index >= 15 is 0 Å². The van der Waals surface area contributed by atoms with Gasteiger partial charge in [-0.25, -0.2) is 0 Å². The first-order chi connectivity index (χ1) is 19.4. The van der Waals surface area contributed by atoms with Crippen molar-refractivity contribution in [1.29, 1.82) is 0 Å². The van der Waals surface area contributed by atoms with Crippen LogP contribution in [0.1, 0.15) is 11.7 Å². The van der Waals surface area contributed by atoms with Crippen molar-refractivity contribution in [3.63, 3.8) is 0 Å². The fourth-order valence-electron chi connectivity index (χ4n) is 4.94. The van der Waals surface area contributed by atoms with E-state index in [0.717, 1.165) is 12.1 Å². The van der Waals surface area contributed by atoms with E-state index in [2.05, 4.69) is 0 Å². The minimum absolute atomic E-state index is 0.0241. The minimum atomic E-state index is -2.10. The summed E-state index contributed by atoms with van der Waals surface area (Å²) in [6.45, 7) is -0.787. The monoisotopic (exact) mass is 580 g/mol. The Morgan fingerprint density at radius 1 is 0.805 bits per heavy atom. The highest BCUT2D eigenvalue weighted by Gasteiger charge is 2.51. The molecule has 2 aliphatic heterocycles. The van der Waals surface area contributed by atoms with Crippen molar-refractivity contribution in [3.8, 4) is 28.6 Å². The van der Waals surface area contributed by atoms with Gasteiger partial charge in [-0.15, -0.1) is 0 Å². The molecule has 0 amide bonds. The van der Waals surface area contributed by atoms with E-state index in [1.807, 2.05) is 0 Å². The summed E-state index contributed by atoms with van der Waals surface area (Å²) in [7, 11) is 0. The summed E-state index contributed by atoms with van der Waals surface area (Å²) in [4.78, 5) is 13.0. The van der Waals surface area contributed by atoms with Crippen LogP contribution in [0.5, 0.6) is 17.2 Å². The molecule has 2 aliphatic rings. The second-order valence-electron chi connectivity index (χ2n) is 9.78. The molecule has 0 aliphatic carbocycles. The van der Waals surface area contributed by atoms with Crippen LogP contribution in [0.3, 0.4) is 0 Å². The zero-order chi connectivity index (χ0) is 29.7. The van der Waals surface area contributed by atoms with Crippen molar-refractivity contribution < 1.29 is 69.7 Å². The first kappa shape index (κ1) is 29.2. The van der Waals surface area contributed by atoms with Crippen LogP contribution in [0.15, 0.2) is 45.6 Å². The van der Waals surface area contributed by atoms with Gasteiger partial charge in [0.1, 0.15) is 82.8 Å². The van der Waals surface area contributed by atoms with E-state index in [1.54, 1.807) is 0 Å². The lowest BCUT2D eigenvalue weighted by molar-refractivity contribution is -0.355. The van der Waals surface area contributed by atoms with E-state index in [9.17, 15) is 55.9 Å². The molecular formula is C26H28O15. The Balaban J connectivity index is 1.50. The van der Waals surface area contributed by atoms with Gasteiger partial charge in [0, 0.05) is 17.7 Å². The maximum Gasteiger partial charge on any atom is 0.197 e. The lowest BCUT2D eigenvalue weighted by Gasteiger charge is -2.45. The van der Waals surface area contributed by atoms with Gasteiger partial charge in [0.25, 0.3) is 0 Å². The number of hydrogen-bond acceptors (Lipinski definition) is 15. The summed E-state index contributed by atoms with van der Waals surface area (Å²) in [5.74, 6) is -1.58. The predicted octanol–water partition coefficient (Wildman–Crippen LogP) is -2.13. The number of aliphatic hydroxyl groups is 7. The van der Waals surface area contributed by atoms with Gasteiger partial charge in [0.05, 0.1) is 12.2 Å². The van der Waals surface area contributed by atoms with Crippen LogP contribution in [0.2, 0.25) is 0 Å². The van der Waals surface area contributed by atoms with E-state index in [-0.39, 0.29) is 17.1 Å². The van der Waals surface area contributed by atoms with E-state index in [1.165, 1.54) is 24.3 Å². The Kier molecular flexibility index (Phi) is 7.92. The topological polar surface area (TPSA) is 260 Å². The molecule has 41 heavy (non-hydrogen) atoms. The Hall–Kier alpha value is -3.35. The highest BCUT2D eigenvalue weighted by Crippen LogP contribution is 2.45. The van der Waals surface area contributed by atoms with Crippen LogP contribution in [0, 0.1) is 0 Å². The maximum atomic E-state index is 13.0. The molecule has 10 N–H and O–H groups in total. The van der Waals surface area contributed by atoms with Crippen LogP contribution < -0.4 is 5.43 Å². The van der Waals surface area contributed by atoms with Crippen LogP contribution in [0.4, 0.5) is 0 Å². The molecule has 15 heteroatoms. The van der Waals surface area contributed by atoms with Crippen molar-refractivity contribution in [3.05, 3.63) is 52.2 Å². The molecule has 2 saturated heterocycles. The molecule has 10 atom stereocenters. The number of phenolic OH excluding ortho intramolecular Hbond substituents is 3. The lowest BCUT2D eigenvalue weighted by Crippen LogP contribution is -2.63. The normalized spacial score (nSPS) is 34.1. The van der Waals surface area contributed by atoms with E-state index in [0.29, 0.717) is 5.56 Å². The number of phenols is 3. The molecule has 0 bridgehead atoms. The minimum Gasteiger partial charge on any atom is -0.508 e. The highest BCUT2D eigenvalue weighted by atomic mass is 16.7.